The Hall–Kier alpha value is -1.94. The van der Waals surface area contributed by atoms with Gasteiger partial charge in [0.2, 0.25) is 0 Å². The molecule has 510 valence electrons. The van der Waals surface area contributed by atoms with Gasteiger partial charge in [-0.1, -0.05) is 291 Å². The molecule has 0 spiro atoms. The Labute approximate surface area is 524 Å². The monoisotopic (exact) mass is 1270 g/mol. The predicted octanol–water partition coefficient (Wildman–Crippen LogP) is 19.0. The fourth-order valence-electron chi connectivity index (χ4n) is 10.1. The van der Waals surface area contributed by atoms with E-state index in [-0.39, 0.29) is 25.7 Å². The molecular weight excluding hydrogens is 1140 g/mol. The van der Waals surface area contributed by atoms with Crippen LogP contribution >= 0.6 is 15.6 Å². The normalized spacial score (nSPS) is 14.5. The molecule has 0 fully saturated rings. The summed E-state index contributed by atoms with van der Waals surface area (Å²) in [6.45, 7) is 7.22. The molecule has 0 radical (unpaired) electrons. The van der Waals surface area contributed by atoms with Crippen molar-refractivity contribution in [3.63, 3.8) is 0 Å². The molecule has 0 aliphatic rings. The zero-order valence-electron chi connectivity index (χ0n) is 55.4. The molecule has 6 atom stereocenters. The van der Waals surface area contributed by atoms with Crippen molar-refractivity contribution in [1.82, 2.24) is 0 Å². The highest BCUT2D eigenvalue weighted by Gasteiger charge is 2.30. The fourth-order valence-corrected chi connectivity index (χ4v) is 11.7. The van der Waals surface area contributed by atoms with Crippen LogP contribution in [-0.2, 0) is 65.4 Å². The van der Waals surface area contributed by atoms with Crippen LogP contribution in [0.2, 0.25) is 0 Å². The average molecular weight is 1270 g/mol. The van der Waals surface area contributed by atoms with Crippen LogP contribution in [-0.4, -0.2) is 96.7 Å². The number of esters is 4. The van der Waals surface area contributed by atoms with Gasteiger partial charge >= 0.3 is 39.5 Å². The van der Waals surface area contributed by atoms with Crippen molar-refractivity contribution in [2.45, 2.75) is 361 Å². The molecule has 0 bridgehead atoms. The number of phosphoric ester groups is 2. The number of hydrogen-bond donors (Lipinski definition) is 3. The standard InChI is InChI=1S/C67H130O17P2/c1-6-10-13-16-19-22-24-25-27-31-36-41-46-51-65(70)78-57-63(84-67(72)53-48-43-38-33-29-28-30-34-39-44-49-60(5)9-4)59-82-86(75,76)80-55-61(68)54-79-85(73,74)81-58-62(56-77-64(69)50-45-40-35-21-18-15-12-8-3)83-66(71)52-47-42-37-32-26-23-20-17-14-11-7-2/h60-63,68H,6-59H2,1-5H3,(H,73,74)(H,75,76)/t60?,61-,62+,63+/m0/s1. The largest absolute Gasteiger partial charge is 0.472 e. The Morgan fingerprint density at radius 1 is 0.326 bits per heavy atom. The van der Waals surface area contributed by atoms with Gasteiger partial charge in [0.15, 0.2) is 12.2 Å². The van der Waals surface area contributed by atoms with E-state index < -0.39 is 97.5 Å². The zero-order valence-corrected chi connectivity index (χ0v) is 57.2. The topological polar surface area (TPSA) is 237 Å². The highest BCUT2D eigenvalue weighted by Crippen LogP contribution is 2.45. The third kappa shape index (κ3) is 59.7. The number of ether oxygens (including phenoxy) is 4. The van der Waals surface area contributed by atoms with E-state index in [4.69, 9.17) is 37.0 Å². The Morgan fingerprint density at radius 2 is 0.558 bits per heavy atom. The molecule has 17 nitrogen and oxygen atoms in total. The molecule has 0 aromatic rings. The third-order valence-corrected chi connectivity index (χ3v) is 17.8. The van der Waals surface area contributed by atoms with Crippen LogP contribution in [0.1, 0.15) is 343 Å². The Balaban J connectivity index is 5.23. The summed E-state index contributed by atoms with van der Waals surface area (Å²) in [5, 5.41) is 10.6. The molecule has 0 rings (SSSR count). The number of hydrogen-bond acceptors (Lipinski definition) is 15. The lowest BCUT2D eigenvalue weighted by Gasteiger charge is -2.21. The molecule has 0 aliphatic heterocycles. The number of aliphatic hydroxyl groups is 1. The first kappa shape index (κ1) is 84.1. The molecule has 0 aliphatic carbocycles. The highest BCUT2D eigenvalue weighted by atomic mass is 31.2. The van der Waals surface area contributed by atoms with Crippen molar-refractivity contribution >= 4 is 39.5 Å². The van der Waals surface area contributed by atoms with Crippen molar-refractivity contribution < 1.29 is 80.2 Å². The molecule has 0 aromatic heterocycles. The number of rotatable bonds is 67. The van der Waals surface area contributed by atoms with Crippen molar-refractivity contribution in [1.29, 1.82) is 0 Å². The molecule has 0 aromatic carbocycles. The van der Waals surface area contributed by atoms with E-state index in [2.05, 4.69) is 34.6 Å². The minimum absolute atomic E-state index is 0.107. The van der Waals surface area contributed by atoms with Crippen LogP contribution < -0.4 is 0 Å². The lowest BCUT2D eigenvalue weighted by molar-refractivity contribution is -0.161. The smallest absolute Gasteiger partial charge is 0.462 e. The summed E-state index contributed by atoms with van der Waals surface area (Å²) in [5.41, 5.74) is 0. The van der Waals surface area contributed by atoms with E-state index in [9.17, 15) is 43.2 Å². The number of phosphoric acid groups is 2. The summed E-state index contributed by atoms with van der Waals surface area (Å²) < 4.78 is 68.1. The first-order valence-corrected chi connectivity index (χ1v) is 38.2. The lowest BCUT2D eigenvalue weighted by Crippen LogP contribution is -2.30. The maximum absolute atomic E-state index is 13.0. The number of carbonyl (C=O) groups excluding carboxylic acids is 4. The van der Waals surface area contributed by atoms with Gasteiger partial charge in [0.25, 0.3) is 0 Å². The molecule has 86 heavy (non-hydrogen) atoms. The van der Waals surface area contributed by atoms with Gasteiger partial charge in [0.05, 0.1) is 26.4 Å². The van der Waals surface area contributed by atoms with Crippen LogP contribution in [0.3, 0.4) is 0 Å². The second-order valence-corrected chi connectivity index (χ2v) is 27.4. The van der Waals surface area contributed by atoms with Gasteiger partial charge in [-0.05, 0) is 31.6 Å². The summed E-state index contributed by atoms with van der Waals surface area (Å²) in [6, 6.07) is 0. The molecule has 19 heteroatoms. The van der Waals surface area contributed by atoms with E-state index in [1.807, 2.05) is 0 Å². The fraction of sp³-hybridized carbons (Fsp3) is 0.940. The Morgan fingerprint density at radius 3 is 0.826 bits per heavy atom. The minimum atomic E-state index is -4.95. The third-order valence-electron chi connectivity index (χ3n) is 15.9. The van der Waals surface area contributed by atoms with Gasteiger partial charge in [0.1, 0.15) is 19.3 Å². The zero-order chi connectivity index (χ0) is 63.5. The summed E-state index contributed by atoms with van der Waals surface area (Å²) in [4.78, 5) is 72.3. The summed E-state index contributed by atoms with van der Waals surface area (Å²) in [7, 11) is -9.89. The number of unbranched alkanes of at least 4 members (excludes halogenated alkanes) is 38. The van der Waals surface area contributed by atoms with E-state index in [0.29, 0.717) is 25.7 Å². The molecular formula is C67H130O17P2. The molecule has 3 unspecified atom stereocenters. The maximum atomic E-state index is 13.0. The minimum Gasteiger partial charge on any atom is -0.462 e. The summed E-state index contributed by atoms with van der Waals surface area (Å²) in [5.74, 6) is -1.32. The average Bonchev–Trinajstić information content (AvgIpc) is 3.65. The van der Waals surface area contributed by atoms with Crippen LogP contribution in [0.4, 0.5) is 0 Å². The van der Waals surface area contributed by atoms with Crippen LogP contribution in [0.25, 0.3) is 0 Å². The number of aliphatic hydroxyl groups excluding tert-OH is 1. The van der Waals surface area contributed by atoms with Crippen LogP contribution in [0.15, 0.2) is 0 Å². The van der Waals surface area contributed by atoms with E-state index >= 15 is 0 Å². The van der Waals surface area contributed by atoms with Gasteiger partial charge in [-0.25, -0.2) is 9.13 Å². The molecule has 0 heterocycles. The lowest BCUT2D eigenvalue weighted by atomic mass is 9.99. The summed E-state index contributed by atoms with van der Waals surface area (Å²) >= 11 is 0. The number of carbonyl (C=O) groups is 4. The van der Waals surface area contributed by atoms with E-state index in [1.165, 1.54) is 161 Å². The first-order chi connectivity index (χ1) is 41.6. The van der Waals surface area contributed by atoms with Crippen molar-refractivity contribution in [2.75, 3.05) is 39.6 Å². The quantitative estimate of drug-likeness (QED) is 0.0222. The maximum Gasteiger partial charge on any atom is 0.472 e. The molecule has 0 saturated carbocycles. The SMILES string of the molecule is CCCCCCCCCCCCCCCC(=O)OC[C@H](COP(=O)(O)OC[C@@H](O)COP(=O)(O)OC[C@@H](COC(=O)CCCCCCCCCC)OC(=O)CCCCCCCCCCCCC)OC(=O)CCCCCCCCCCCCC(C)CC. The van der Waals surface area contributed by atoms with Gasteiger partial charge in [-0.15, -0.1) is 0 Å². The Bertz CT molecular complexity index is 1670. The second kappa shape index (κ2) is 60.6. The Kier molecular flexibility index (Phi) is 59.2. The molecule has 0 amide bonds. The summed E-state index contributed by atoms with van der Waals surface area (Å²) in [6.07, 6.45) is 45.6. The highest BCUT2D eigenvalue weighted by molar-refractivity contribution is 7.47. The predicted molar refractivity (Wildman–Crippen MR) is 345 cm³/mol. The molecule has 3 N–H and O–H groups in total. The van der Waals surface area contributed by atoms with Crippen LogP contribution in [0, 0.1) is 5.92 Å². The second-order valence-electron chi connectivity index (χ2n) is 24.5. The van der Waals surface area contributed by atoms with E-state index in [1.54, 1.807) is 0 Å². The molecule has 0 saturated heterocycles. The van der Waals surface area contributed by atoms with Gasteiger partial charge in [0, 0.05) is 25.7 Å². The van der Waals surface area contributed by atoms with Crippen molar-refractivity contribution in [2.24, 2.45) is 5.92 Å². The van der Waals surface area contributed by atoms with Crippen molar-refractivity contribution in [3.8, 4) is 0 Å². The van der Waals surface area contributed by atoms with Gasteiger partial charge in [-0.2, -0.15) is 0 Å². The van der Waals surface area contributed by atoms with Gasteiger partial charge in [-0.3, -0.25) is 37.3 Å². The van der Waals surface area contributed by atoms with E-state index in [0.717, 1.165) is 102 Å². The van der Waals surface area contributed by atoms with Crippen LogP contribution in [0.5, 0.6) is 0 Å². The first-order valence-electron chi connectivity index (χ1n) is 35.2. The van der Waals surface area contributed by atoms with Gasteiger partial charge < -0.3 is 33.8 Å². The van der Waals surface area contributed by atoms with Crippen molar-refractivity contribution in [3.05, 3.63) is 0 Å².